The second-order valence-electron chi connectivity index (χ2n) is 8.70. The third kappa shape index (κ3) is 4.86. The Bertz CT molecular complexity index is 696. The predicted octanol–water partition coefficient (Wildman–Crippen LogP) is 3.08. The standard InChI is InChI=1S/C23H34N2O4/c1-28-22-15-17(23(27)25-12-4-7-19(26)16-25)8-9-21(22)29-20-10-13-24(14-11-20)18-5-2-3-6-18/h8-9,15,18-20,26H,2-7,10-14,16H2,1H3/t19-/m0/s1. The van der Waals surface area contributed by atoms with E-state index in [1.165, 1.54) is 25.7 Å². The molecule has 160 valence electrons. The highest BCUT2D eigenvalue weighted by Crippen LogP contribution is 2.32. The smallest absolute Gasteiger partial charge is 0.254 e. The van der Waals surface area contributed by atoms with Gasteiger partial charge in [-0.2, -0.15) is 0 Å². The lowest BCUT2D eigenvalue weighted by molar-refractivity contribution is 0.0473. The number of likely N-dealkylation sites (tertiary alicyclic amines) is 2. The molecule has 1 aromatic carbocycles. The van der Waals surface area contributed by atoms with E-state index in [1.807, 2.05) is 12.1 Å². The second-order valence-corrected chi connectivity index (χ2v) is 8.70. The van der Waals surface area contributed by atoms with Gasteiger partial charge in [0.25, 0.3) is 5.91 Å². The number of nitrogens with zero attached hydrogens (tertiary/aromatic N) is 2. The van der Waals surface area contributed by atoms with E-state index in [1.54, 1.807) is 18.1 Å². The first-order valence-electron chi connectivity index (χ1n) is 11.2. The number of methoxy groups -OCH3 is 1. The van der Waals surface area contributed by atoms with E-state index in [0.29, 0.717) is 30.2 Å². The van der Waals surface area contributed by atoms with E-state index in [2.05, 4.69) is 4.90 Å². The van der Waals surface area contributed by atoms with E-state index in [-0.39, 0.29) is 12.0 Å². The van der Waals surface area contributed by atoms with Crippen LogP contribution in [-0.2, 0) is 0 Å². The Morgan fingerprint density at radius 1 is 1.00 bits per heavy atom. The summed E-state index contributed by atoms with van der Waals surface area (Å²) < 4.78 is 11.8. The third-order valence-corrected chi connectivity index (χ3v) is 6.71. The van der Waals surface area contributed by atoms with Gasteiger partial charge >= 0.3 is 0 Å². The number of ether oxygens (including phenoxy) is 2. The number of aliphatic hydroxyl groups excluding tert-OH is 1. The maximum absolute atomic E-state index is 12.8. The Morgan fingerprint density at radius 3 is 2.45 bits per heavy atom. The fraction of sp³-hybridized carbons (Fsp3) is 0.696. The monoisotopic (exact) mass is 402 g/mol. The first-order chi connectivity index (χ1) is 14.1. The van der Waals surface area contributed by atoms with Crippen molar-refractivity contribution in [2.75, 3.05) is 33.3 Å². The van der Waals surface area contributed by atoms with Gasteiger partial charge in [0.05, 0.1) is 13.2 Å². The van der Waals surface area contributed by atoms with Gasteiger partial charge in [-0.05, 0) is 56.7 Å². The van der Waals surface area contributed by atoms with Crippen LogP contribution in [0.3, 0.4) is 0 Å². The van der Waals surface area contributed by atoms with Crippen molar-refractivity contribution in [3.05, 3.63) is 23.8 Å². The molecule has 1 aliphatic carbocycles. The summed E-state index contributed by atoms with van der Waals surface area (Å²) >= 11 is 0. The van der Waals surface area contributed by atoms with Gasteiger partial charge in [-0.25, -0.2) is 0 Å². The topological polar surface area (TPSA) is 62.2 Å². The molecule has 1 N–H and O–H groups in total. The van der Waals surface area contributed by atoms with Gasteiger partial charge in [-0.15, -0.1) is 0 Å². The number of carbonyl (C=O) groups is 1. The molecule has 1 amide bonds. The van der Waals surface area contributed by atoms with Crippen LogP contribution in [0.4, 0.5) is 0 Å². The van der Waals surface area contributed by atoms with Crippen LogP contribution in [0.5, 0.6) is 11.5 Å². The molecular formula is C23H34N2O4. The lowest BCUT2D eigenvalue weighted by Gasteiger charge is -2.36. The number of rotatable bonds is 5. The van der Waals surface area contributed by atoms with E-state index >= 15 is 0 Å². The average molecular weight is 403 g/mol. The summed E-state index contributed by atoms with van der Waals surface area (Å²) in [6.45, 7) is 3.30. The van der Waals surface area contributed by atoms with Crippen molar-refractivity contribution in [2.24, 2.45) is 0 Å². The zero-order chi connectivity index (χ0) is 20.2. The number of aliphatic hydroxyl groups is 1. The van der Waals surface area contributed by atoms with Crippen molar-refractivity contribution in [3.8, 4) is 11.5 Å². The van der Waals surface area contributed by atoms with E-state index < -0.39 is 6.10 Å². The van der Waals surface area contributed by atoms with Gasteiger partial charge in [-0.1, -0.05) is 12.8 Å². The first-order valence-corrected chi connectivity index (χ1v) is 11.2. The lowest BCUT2D eigenvalue weighted by Crippen LogP contribution is -2.43. The number of carbonyl (C=O) groups excluding carboxylic acids is 1. The number of benzene rings is 1. The Labute approximate surface area is 173 Å². The molecule has 2 saturated heterocycles. The summed E-state index contributed by atoms with van der Waals surface area (Å²) in [7, 11) is 1.61. The Kier molecular flexibility index (Phi) is 6.60. The molecule has 3 aliphatic rings. The number of piperidine rings is 2. The highest BCUT2D eigenvalue weighted by molar-refractivity contribution is 5.95. The summed E-state index contributed by atoms with van der Waals surface area (Å²) in [5.41, 5.74) is 0.583. The predicted molar refractivity (Wildman–Crippen MR) is 112 cm³/mol. The van der Waals surface area contributed by atoms with Gasteiger partial charge in [0.2, 0.25) is 0 Å². The average Bonchev–Trinajstić information content (AvgIpc) is 3.29. The van der Waals surface area contributed by atoms with E-state index in [4.69, 9.17) is 9.47 Å². The highest BCUT2D eigenvalue weighted by Gasteiger charge is 2.29. The zero-order valence-corrected chi connectivity index (χ0v) is 17.5. The molecule has 0 bridgehead atoms. The molecule has 6 nitrogen and oxygen atoms in total. The molecule has 1 atom stereocenters. The van der Waals surface area contributed by atoms with Crippen LogP contribution in [-0.4, -0.2) is 72.4 Å². The van der Waals surface area contributed by atoms with Crippen molar-refractivity contribution in [3.63, 3.8) is 0 Å². The fourth-order valence-electron chi connectivity index (χ4n) is 5.03. The molecule has 2 aliphatic heterocycles. The zero-order valence-electron chi connectivity index (χ0n) is 17.5. The quantitative estimate of drug-likeness (QED) is 0.820. The molecular weight excluding hydrogens is 368 g/mol. The van der Waals surface area contributed by atoms with E-state index in [9.17, 15) is 9.90 Å². The molecule has 6 heteroatoms. The van der Waals surface area contributed by atoms with Crippen LogP contribution in [0.2, 0.25) is 0 Å². The summed E-state index contributed by atoms with van der Waals surface area (Å²) in [6, 6.07) is 6.22. The van der Waals surface area contributed by atoms with Crippen molar-refractivity contribution in [1.82, 2.24) is 9.80 Å². The molecule has 1 saturated carbocycles. The largest absolute Gasteiger partial charge is 0.493 e. The minimum Gasteiger partial charge on any atom is -0.493 e. The van der Waals surface area contributed by atoms with Crippen LogP contribution in [0.15, 0.2) is 18.2 Å². The van der Waals surface area contributed by atoms with Gasteiger partial charge in [-0.3, -0.25) is 4.79 Å². The maximum Gasteiger partial charge on any atom is 0.254 e. The van der Waals surface area contributed by atoms with E-state index in [0.717, 1.165) is 44.8 Å². The maximum atomic E-state index is 12.8. The summed E-state index contributed by atoms with van der Waals surface area (Å²) in [6.07, 6.45) is 8.89. The van der Waals surface area contributed by atoms with Crippen LogP contribution in [0.1, 0.15) is 61.7 Å². The van der Waals surface area contributed by atoms with Crippen molar-refractivity contribution in [2.45, 2.75) is 69.6 Å². The van der Waals surface area contributed by atoms with Crippen LogP contribution in [0.25, 0.3) is 0 Å². The molecule has 0 aromatic heterocycles. The Morgan fingerprint density at radius 2 is 1.76 bits per heavy atom. The number of hydrogen-bond acceptors (Lipinski definition) is 5. The summed E-state index contributed by atoms with van der Waals surface area (Å²) in [5.74, 6) is 1.26. The van der Waals surface area contributed by atoms with Crippen molar-refractivity contribution in [1.29, 1.82) is 0 Å². The second kappa shape index (κ2) is 9.35. The normalized spacial score (nSPS) is 24.6. The van der Waals surface area contributed by atoms with Crippen molar-refractivity contribution < 1.29 is 19.4 Å². The fourth-order valence-corrected chi connectivity index (χ4v) is 5.03. The lowest BCUT2D eigenvalue weighted by atomic mass is 10.0. The van der Waals surface area contributed by atoms with Gasteiger partial charge in [0.1, 0.15) is 6.10 Å². The third-order valence-electron chi connectivity index (χ3n) is 6.71. The van der Waals surface area contributed by atoms with Gasteiger partial charge < -0.3 is 24.4 Å². The summed E-state index contributed by atoms with van der Waals surface area (Å²) in [5, 5.41) is 9.85. The van der Waals surface area contributed by atoms with Crippen LogP contribution >= 0.6 is 0 Å². The SMILES string of the molecule is COc1cc(C(=O)N2CCC[C@H](O)C2)ccc1OC1CCN(C2CCCC2)CC1. The van der Waals surface area contributed by atoms with Gasteiger partial charge in [0, 0.05) is 37.8 Å². The van der Waals surface area contributed by atoms with Crippen LogP contribution < -0.4 is 9.47 Å². The molecule has 1 aromatic rings. The first kappa shape index (κ1) is 20.5. The number of amides is 1. The molecule has 29 heavy (non-hydrogen) atoms. The molecule has 0 spiro atoms. The van der Waals surface area contributed by atoms with Crippen LogP contribution in [0, 0.1) is 0 Å². The van der Waals surface area contributed by atoms with Gasteiger partial charge in [0.15, 0.2) is 11.5 Å². The molecule has 4 rings (SSSR count). The minimum atomic E-state index is -0.424. The molecule has 0 unspecified atom stereocenters. The molecule has 0 radical (unpaired) electrons. The minimum absolute atomic E-state index is 0.0570. The Balaban J connectivity index is 1.36. The number of hydrogen-bond donors (Lipinski definition) is 1. The number of β-amino-alcohol motifs (C(OH)–C–C–N with tert-alkyl or cyclic N) is 1. The molecule has 2 heterocycles. The summed E-state index contributed by atoms with van der Waals surface area (Å²) in [4.78, 5) is 17.2. The molecule has 3 fully saturated rings. The highest BCUT2D eigenvalue weighted by atomic mass is 16.5. The Hall–Kier alpha value is -1.79. The van der Waals surface area contributed by atoms with Crippen molar-refractivity contribution >= 4 is 5.91 Å².